The van der Waals surface area contributed by atoms with Crippen LogP contribution in [0, 0.1) is 46.3 Å². The Balaban J connectivity index is 1.73. The number of carbonyl (C=O) groups is 2. The summed E-state index contributed by atoms with van der Waals surface area (Å²) in [6.07, 6.45) is 11.1. The molecule has 3 aliphatic carbocycles. The summed E-state index contributed by atoms with van der Waals surface area (Å²) in [4.78, 5) is 24.0. The number of carboxylic acid groups (broad SMARTS) is 1. The van der Waals surface area contributed by atoms with Crippen LogP contribution in [0.3, 0.4) is 0 Å². The van der Waals surface area contributed by atoms with Gasteiger partial charge in [-0.05, 0) is 85.9 Å². The normalized spacial score (nSPS) is 40.6. The molecule has 3 rings (SSSR count). The van der Waals surface area contributed by atoms with Gasteiger partial charge in [0.1, 0.15) is 5.78 Å². The van der Waals surface area contributed by atoms with Crippen molar-refractivity contribution in [2.75, 3.05) is 0 Å². The summed E-state index contributed by atoms with van der Waals surface area (Å²) in [5.41, 5.74) is -0.0423. The summed E-state index contributed by atoms with van der Waals surface area (Å²) in [6, 6.07) is 0. The van der Waals surface area contributed by atoms with Gasteiger partial charge in [-0.25, -0.2) is 0 Å². The highest BCUT2D eigenvalue weighted by Gasteiger charge is 2.59. The summed E-state index contributed by atoms with van der Waals surface area (Å²) in [6.45, 7) is 11.7. The van der Waals surface area contributed by atoms with Crippen molar-refractivity contribution in [3.05, 3.63) is 0 Å². The molecule has 0 aliphatic heterocycles. The SMILES string of the molecule is CC(C)CCC[C@@H](C)[C@@H]1CC[C@@H]2[C@H]3CCC(=O)[C@](C)(CCC(=O)[O-])[C@@H]3CC[C@@]21C. The topological polar surface area (TPSA) is 57.2 Å². The number of hydrogen-bond donors (Lipinski definition) is 0. The van der Waals surface area contributed by atoms with Crippen molar-refractivity contribution in [3.8, 4) is 0 Å². The lowest BCUT2D eigenvalue weighted by atomic mass is 9.48. The lowest BCUT2D eigenvalue weighted by Crippen LogP contribution is -2.52. The molecule has 0 aromatic rings. The van der Waals surface area contributed by atoms with Crippen LogP contribution < -0.4 is 5.11 Å². The molecule has 0 N–H and O–H groups in total. The number of carboxylic acids is 1. The number of rotatable bonds is 8. The first-order valence-corrected chi connectivity index (χ1v) is 12.3. The van der Waals surface area contributed by atoms with Gasteiger partial charge in [0.25, 0.3) is 0 Å². The molecule has 0 aromatic carbocycles. The number of aliphatic carboxylic acids is 1. The quantitative estimate of drug-likeness (QED) is 0.545. The zero-order valence-electron chi connectivity index (χ0n) is 19.5. The number of hydrogen-bond acceptors (Lipinski definition) is 3. The van der Waals surface area contributed by atoms with Crippen LogP contribution in [0.2, 0.25) is 0 Å². The third kappa shape index (κ3) is 4.30. The van der Waals surface area contributed by atoms with Gasteiger partial charge in [-0.15, -0.1) is 0 Å². The Morgan fingerprint density at radius 2 is 1.79 bits per heavy atom. The first kappa shape index (κ1) is 22.8. The monoisotopic (exact) mass is 403 g/mol. The van der Waals surface area contributed by atoms with Gasteiger partial charge in [-0.1, -0.05) is 53.9 Å². The molecule has 0 saturated heterocycles. The minimum Gasteiger partial charge on any atom is -0.550 e. The highest BCUT2D eigenvalue weighted by atomic mass is 16.4. The second-order valence-corrected chi connectivity index (χ2v) is 11.7. The second-order valence-electron chi connectivity index (χ2n) is 11.7. The Morgan fingerprint density at radius 3 is 2.45 bits per heavy atom. The molecule has 0 aromatic heterocycles. The van der Waals surface area contributed by atoms with Crippen LogP contribution in [0.1, 0.15) is 105 Å². The van der Waals surface area contributed by atoms with Crippen LogP contribution in [0.5, 0.6) is 0 Å². The smallest absolute Gasteiger partial charge is 0.139 e. The van der Waals surface area contributed by atoms with Gasteiger partial charge in [-0.2, -0.15) is 0 Å². The van der Waals surface area contributed by atoms with Gasteiger partial charge in [-0.3, -0.25) is 4.79 Å². The van der Waals surface area contributed by atoms with Crippen LogP contribution in [0.25, 0.3) is 0 Å². The zero-order chi connectivity index (χ0) is 21.4. The molecule has 3 nitrogen and oxygen atoms in total. The van der Waals surface area contributed by atoms with Gasteiger partial charge < -0.3 is 9.90 Å². The van der Waals surface area contributed by atoms with Gasteiger partial charge in [0, 0.05) is 17.8 Å². The lowest BCUT2D eigenvalue weighted by Gasteiger charge is -2.56. The van der Waals surface area contributed by atoms with E-state index in [1.807, 2.05) is 0 Å². The number of Topliss-reactive ketones (excluding diaryl/α,β-unsaturated/α-hetero) is 1. The van der Waals surface area contributed by atoms with E-state index >= 15 is 0 Å². The third-order valence-electron chi connectivity index (χ3n) is 9.65. The molecule has 166 valence electrons. The molecule has 0 unspecified atom stereocenters. The molecular formula is C26H43O3-. The summed E-state index contributed by atoms with van der Waals surface area (Å²) >= 11 is 0. The minimum absolute atomic E-state index is 0.0168. The fourth-order valence-electron chi connectivity index (χ4n) is 7.98. The van der Waals surface area contributed by atoms with E-state index in [0.717, 1.165) is 30.6 Å². The third-order valence-corrected chi connectivity index (χ3v) is 9.65. The van der Waals surface area contributed by atoms with E-state index in [9.17, 15) is 14.7 Å². The average molecular weight is 404 g/mol. The van der Waals surface area contributed by atoms with E-state index in [4.69, 9.17) is 0 Å². The molecule has 0 spiro atoms. The molecule has 0 amide bonds. The number of fused-ring (bicyclic) bond motifs is 3. The standard InChI is InChI=1S/C26H44O3/c1-17(2)7-6-8-18(3)20-10-11-21-19-9-12-23(27)26(5,16-14-24(28)29)22(19)13-15-25(20,21)4/h17-22H,6-16H2,1-5H3,(H,28,29)/p-1/t18-,19-,20+,21-,22-,25-,26-/m1/s1. The van der Waals surface area contributed by atoms with Crippen LogP contribution in [0.15, 0.2) is 0 Å². The van der Waals surface area contributed by atoms with Gasteiger partial charge >= 0.3 is 0 Å². The number of carbonyl (C=O) groups excluding carboxylic acids is 2. The lowest BCUT2D eigenvalue weighted by molar-refractivity contribution is -0.306. The molecule has 3 aliphatic rings. The summed E-state index contributed by atoms with van der Waals surface area (Å²) in [5.74, 6) is 3.38. The maximum Gasteiger partial charge on any atom is 0.139 e. The molecule has 0 radical (unpaired) electrons. The highest BCUT2D eigenvalue weighted by Crippen LogP contribution is 2.65. The maximum absolute atomic E-state index is 12.9. The molecule has 29 heavy (non-hydrogen) atoms. The van der Waals surface area contributed by atoms with Crippen molar-refractivity contribution in [1.82, 2.24) is 0 Å². The van der Waals surface area contributed by atoms with E-state index in [2.05, 4.69) is 34.6 Å². The second kappa shape index (κ2) is 8.71. The van der Waals surface area contributed by atoms with Gasteiger partial charge in [0.2, 0.25) is 0 Å². The van der Waals surface area contributed by atoms with Gasteiger partial charge in [0.15, 0.2) is 0 Å². The summed E-state index contributed by atoms with van der Waals surface area (Å²) in [5, 5.41) is 11.1. The summed E-state index contributed by atoms with van der Waals surface area (Å²) in [7, 11) is 0. The van der Waals surface area contributed by atoms with Crippen LogP contribution in [0.4, 0.5) is 0 Å². The van der Waals surface area contributed by atoms with E-state index in [1.54, 1.807) is 0 Å². The number of ketones is 1. The Bertz CT molecular complexity index is 611. The average Bonchev–Trinajstić information content (AvgIpc) is 3.00. The van der Waals surface area contributed by atoms with Crippen LogP contribution >= 0.6 is 0 Å². The largest absolute Gasteiger partial charge is 0.550 e. The predicted molar refractivity (Wildman–Crippen MR) is 115 cm³/mol. The van der Waals surface area contributed by atoms with Crippen LogP contribution in [-0.2, 0) is 9.59 Å². The molecule has 3 heteroatoms. The van der Waals surface area contributed by atoms with Crippen molar-refractivity contribution in [1.29, 1.82) is 0 Å². The summed E-state index contributed by atoms with van der Waals surface area (Å²) < 4.78 is 0. The molecule has 7 atom stereocenters. The fraction of sp³-hybridized carbons (Fsp3) is 0.923. The Hall–Kier alpha value is -0.860. The van der Waals surface area contributed by atoms with E-state index in [-0.39, 0.29) is 6.42 Å². The van der Waals surface area contributed by atoms with Crippen molar-refractivity contribution >= 4 is 11.8 Å². The van der Waals surface area contributed by atoms with Crippen molar-refractivity contribution in [2.24, 2.45) is 46.3 Å². The Labute approximate surface area is 178 Å². The van der Waals surface area contributed by atoms with Crippen molar-refractivity contribution in [2.45, 2.75) is 105 Å². The molecule has 0 heterocycles. The predicted octanol–water partition coefficient (Wildman–Crippen LogP) is 5.41. The molecule has 3 fully saturated rings. The maximum atomic E-state index is 12.9. The Kier molecular flexibility index (Phi) is 6.85. The van der Waals surface area contributed by atoms with Crippen LogP contribution in [-0.4, -0.2) is 11.8 Å². The van der Waals surface area contributed by atoms with E-state index < -0.39 is 11.4 Å². The Morgan fingerprint density at radius 1 is 1.07 bits per heavy atom. The van der Waals surface area contributed by atoms with Crippen molar-refractivity contribution in [3.63, 3.8) is 0 Å². The first-order chi connectivity index (χ1) is 13.6. The van der Waals surface area contributed by atoms with Gasteiger partial charge in [0.05, 0.1) is 0 Å². The van der Waals surface area contributed by atoms with Crippen molar-refractivity contribution < 1.29 is 14.7 Å². The first-order valence-electron chi connectivity index (χ1n) is 12.3. The highest BCUT2D eigenvalue weighted by molar-refractivity contribution is 5.86. The molecular weight excluding hydrogens is 360 g/mol. The molecule has 3 saturated carbocycles. The van der Waals surface area contributed by atoms with E-state index in [0.29, 0.717) is 41.8 Å². The van der Waals surface area contributed by atoms with E-state index in [1.165, 1.54) is 38.5 Å². The molecule has 0 bridgehead atoms. The fourth-order valence-corrected chi connectivity index (χ4v) is 7.98. The zero-order valence-corrected chi connectivity index (χ0v) is 19.5. The minimum atomic E-state index is -1.02.